The number of hydrogen-bond acceptors (Lipinski definition) is 3. The van der Waals surface area contributed by atoms with Crippen molar-refractivity contribution in [1.29, 1.82) is 0 Å². The number of hydrogen-bond donors (Lipinski definition) is 2. The van der Waals surface area contributed by atoms with E-state index in [1.165, 1.54) is 7.11 Å². The maximum atomic E-state index is 13.3. The average molecular weight is 252 g/mol. The number of alkyl halides is 3. The van der Waals surface area contributed by atoms with Gasteiger partial charge in [0.1, 0.15) is 5.82 Å². The number of benzene rings is 1. The average Bonchev–Trinajstić information content (AvgIpc) is 2.23. The first-order valence-corrected chi connectivity index (χ1v) is 4.72. The molecule has 0 radical (unpaired) electrons. The quantitative estimate of drug-likeness (QED) is 0.489. The zero-order valence-electron chi connectivity index (χ0n) is 9.01. The van der Waals surface area contributed by atoms with E-state index in [2.05, 4.69) is 5.43 Å². The van der Waals surface area contributed by atoms with Gasteiger partial charge in [0.05, 0.1) is 18.2 Å². The highest BCUT2D eigenvalue weighted by Crippen LogP contribution is 2.32. The van der Waals surface area contributed by atoms with Crippen molar-refractivity contribution in [2.75, 3.05) is 13.7 Å². The second-order valence-corrected chi connectivity index (χ2v) is 3.41. The standard InChI is InChI=1S/C10H12F4N2O/c1-17-5-9(16-15)6-2-3-7(8(11)4-6)10(12,13)14/h2-4,9,16H,5,15H2,1H3. The second kappa shape index (κ2) is 5.44. The molecule has 17 heavy (non-hydrogen) atoms. The van der Waals surface area contributed by atoms with Crippen LogP contribution in [0.15, 0.2) is 18.2 Å². The van der Waals surface area contributed by atoms with Crippen LogP contribution < -0.4 is 11.3 Å². The normalized spacial score (nSPS) is 13.8. The number of rotatable bonds is 4. The minimum absolute atomic E-state index is 0.126. The topological polar surface area (TPSA) is 47.3 Å². The minimum atomic E-state index is -4.70. The largest absolute Gasteiger partial charge is 0.419 e. The van der Waals surface area contributed by atoms with Gasteiger partial charge in [-0.2, -0.15) is 13.2 Å². The summed E-state index contributed by atoms with van der Waals surface area (Å²) < 4.78 is 55.0. The molecule has 1 unspecified atom stereocenters. The van der Waals surface area contributed by atoms with Crippen molar-refractivity contribution in [1.82, 2.24) is 5.43 Å². The van der Waals surface area contributed by atoms with Crippen LogP contribution in [0.3, 0.4) is 0 Å². The van der Waals surface area contributed by atoms with Crippen molar-refractivity contribution < 1.29 is 22.3 Å². The molecule has 0 aliphatic heterocycles. The van der Waals surface area contributed by atoms with Crippen LogP contribution in [0.25, 0.3) is 0 Å². The van der Waals surface area contributed by atoms with E-state index >= 15 is 0 Å². The first-order chi connectivity index (χ1) is 7.90. The van der Waals surface area contributed by atoms with Crippen LogP contribution in [0, 0.1) is 5.82 Å². The third kappa shape index (κ3) is 3.39. The van der Waals surface area contributed by atoms with Gasteiger partial charge in [-0.25, -0.2) is 4.39 Å². The SMILES string of the molecule is COCC(NN)c1ccc(C(F)(F)F)c(F)c1. The van der Waals surface area contributed by atoms with E-state index in [-0.39, 0.29) is 6.61 Å². The third-order valence-electron chi connectivity index (χ3n) is 2.24. The summed E-state index contributed by atoms with van der Waals surface area (Å²) in [7, 11) is 1.41. The summed E-state index contributed by atoms with van der Waals surface area (Å²) >= 11 is 0. The van der Waals surface area contributed by atoms with Gasteiger partial charge in [0.25, 0.3) is 0 Å². The Balaban J connectivity index is 3.03. The number of hydrazine groups is 1. The first-order valence-electron chi connectivity index (χ1n) is 4.72. The van der Waals surface area contributed by atoms with Crippen molar-refractivity contribution in [2.45, 2.75) is 12.2 Å². The molecule has 0 saturated heterocycles. The smallest absolute Gasteiger partial charge is 0.383 e. The molecule has 1 atom stereocenters. The summed E-state index contributed by atoms with van der Waals surface area (Å²) in [6.07, 6.45) is -4.70. The summed E-state index contributed by atoms with van der Waals surface area (Å²) in [5.74, 6) is 3.86. The van der Waals surface area contributed by atoms with Gasteiger partial charge in [-0.05, 0) is 17.7 Å². The fraction of sp³-hybridized carbons (Fsp3) is 0.400. The second-order valence-electron chi connectivity index (χ2n) is 3.41. The van der Waals surface area contributed by atoms with Gasteiger partial charge in [-0.15, -0.1) is 0 Å². The van der Waals surface area contributed by atoms with E-state index in [0.717, 1.165) is 12.1 Å². The van der Waals surface area contributed by atoms with Crippen LogP contribution >= 0.6 is 0 Å². The van der Waals surface area contributed by atoms with Crippen LogP contribution in [-0.2, 0) is 10.9 Å². The van der Waals surface area contributed by atoms with Gasteiger partial charge in [-0.1, -0.05) is 6.07 Å². The number of nitrogens with one attached hydrogen (secondary N) is 1. The summed E-state index contributed by atoms with van der Waals surface area (Å²) in [5.41, 5.74) is 1.33. The van der Waals surface area contributed by atoms with E-state index in [0.29, 0.717) is 11.6 Å². The van der Waals surface area contributed by atoms with Crippen LogP contribution in [0.4, 0.5) is 17.6 Å². The molecule has 7 heteroatoms. The Bertz CT molecular complexity index is 381. The van der Waals surface area contributed by atoms with Crippen molar-refractivity contribution in [3.8, 4) is 0 Å². The Morgan fingerprint density at radius 3 is 2.47 bits per heavy atom. The summed E-state index contributed by atoms with van der Waals surface area (Å²) in [5, 5.41) is 0. The molecule has 0 heterocycles. The lowest BCUT2D eigenvalue weighted by Gasteiger charge is -2.16. The zero-order chi connectivity index (χ0) is 13.1. The molecule has 0 amide bonds. The predicted octanol–water partition coefficient (Wildman–Crippen LogP) is 2.00. The van der Waals surface area contributed by atoms with Crippen LogP contribution in [0.2, 0.25) is 0 Å². The first kappa shape index (κ1) is 13.9. The maximum Gasteiger partial charge on any atom is 0.419 e. The van der Waals surface area contributed by atoms with Gasteiger partial charge >= 0.3 is 6.18 Å². The van der Waals surface area contributed by atoms with Crippen molar-refractivity contribution in [3.05, 3.63) is 35.1 Å². The Hall–Kier alpha value is -1.18. The Morgan fingerprint density at radius 2 is 2.06 bits per heavy atom. The van der Waals surface area contributed by atoms with Crippen LogP contribution in [0.5, 0.6) is 0 Å². The molecule has 1 aromatic rings. The molecule has 1 rings (SSSR count). The van der Waals surface area contributed by atoms with Gasteiger partial charge in [0.15, 0.2) is 0 Å². The Kier molecular flexibility index (Phi) is 4.44. The van der Waals surface area contributed by atoms with Gasteiger partial charge in [0, 0.05) is 7.11 Å². The monoisotopic (exact) mass is 252 g/mol. The van der Waals surface area contributed by atoms with E-state index in [1.54, 1.807) is 0 Å². The van der Waals surface area contributed by atoms with Crippen molar-refractivity contribution in [2.24, 2.45) is 5.84 Å². The summed E-state index contributed by atoms with van der Waals surface area (Å²) in [6.45, 7) is 0.126. The molecule has 0 aliphatic carbocycles. The number of ether oxygens (including phenoxy) is 1. The van der Waals surface area contributed by atoms with Crippen LogP contribution in [0.1, 0.15) is 17.2 Å². The molecule has 3 nitrogen and oxygen atoms in total. The highest BCUT2D eigenvalue weighted by atomic mass is 19.4. The summed E-state index contributed by atoms with van der Waals surface area (Å²) in [4.78, 5) is 0. The zero-order valence-corrected chi connectivity index (χ0v) is 9.01. The van der Waals surface area contributed by atoms with Crippen molar-refractivity contribution in [3.63, 3.8) is 0 Å². The number of methoxy groups -OCH3 is 1. The Labute approximate surface area is 95.5 Å². The molecule has 3 N–H and O–H groups in total. The highest BCUT2D eigenvalue weighted by molar-refractivity contribution is 5.28. The van der Waals surface area contributed by atoms with E-state index in [9.17, 15) is 17.6 Å². The van der Waals surface area contributed by atoms with Gasteiger partial charge < -0.3 is 4.74 Å². The number of halogens is 4. The van der Waals surface area contributed by atoms with E-state index < -0.39 is 23.6 Å². The van der Waals surface area contributed by atoms with Gasteiger partial charge in [-0.3, -0.25) is 11.3 Å². The lowest BCUT2D eigenvalue weighted by molar-refractivity contribution is -0.140. The maximum absolute atomic E-state index is 13.3. The highest BCUT2D eigenvalue weighted by Gasteiger charge is 2.34. The molecule has 0 aliphatic rings. The molecule has 0 aromatic heterocycles. The predicted molar refractivity (Wildman–Crippen MR) is 53.3 cm³/mol. The lowest BCUT2D eigenvalue weighted by atomic mass is 10.0. The van der Waals surface area contributed by atoms with Crippen LogP contribution in [-0.4, -0.2) is 13.7 Å². The molecule has 1 aromatic carbocycles. The molecule has 0 spiro atoms. The van der Waals surface area contributed by atoms with Crippen molar-refractivity contribution >= 4 is 0 Å². The molecular weight excluding hydrogens is 240 g/mol. The molecular formula is C10H12F4N2O. The minimum Gasteiger partial charge on any atom is -0.383 e. The third-order valence-corrected chi connectivity index (χ3v) is 2.24. The molecule has 96 valence electrons. The lowest BCUT2D eigenvalue weighted by Crippen LogP contribution is -2.31. The van der Waals surface area contributed by atoms with E-state index in [1.807, 2.05) is 0 Å². The fourth-order valence-electron chi connectivity index (χ4n) is 1.39. The van der Waals surface area contributed by atoms with E-state index in [4.69, 9.17) is 10.6 Å². The van der Waals surface area contributed by atoms with Gasteiger partial charge in [0.2, 0.25) is 0 Å². The number of nitrogens with two attached hydrogens (primary N) is 1. The molecule has 0 saturated carbocycles. The Morgan fingerprint density at radius 1 is 1.41 bits per heavy atom. The summed E-state index contributed by atoms with van der Waals surface area (Å²) in [6, 6.07) is 2.09. The molecule has 0 bridgehead atoms. The fourth-order valence-corrected chi connectivity index (χ4v) is 1.39. The molecule has 0 fully saturated rings.